The molecule has 0 aromatic carbocycles. The van der Waals surface area contributed by atoms with Gasteiger partial charge in [0.25, 0.3) is 0 Å². The van der Waals surface area contributed by atoms with Gasteiger partial charge in [-0.15, -0.1) is 0 Å². The predicted octanol–water partition coefficient (Wildman–Crippen LogP) is 1.55. The lowest BCUT2D eigenvalue weighted by molar-refractivity contribution is 0.398. The summed E-state index contributed by atoms with van der Waals surface area (Å²) in [6.45, 7) is 7.52. The van der Waals surface area contributed by atoms with Crippen LogP contribution in [-0.4, -0.2) is 36.2 Å². The van der Waals surface area contributed by atoms with Crippen LogP contribution in [0.1, 0.15) is 45.5 Å². The SMILES string of the molecule is CNC(c1ccnn1C(C)C)C(C)(C)S(C)(=O)=O. The Morgan fingerprint density at radius 2 is 1.94 bits per heavy atom. The molecule has 0 radical (unpaired) electrons. The third-order valence-corrected chi connectivity index (χ3v) is 5.57. The normalized spacial score (nSPS) is 15.1. The minimum atomic E-state index is -3.19. The zero-order chi connectivity index (χ0) is 14.1. The molecule has 1 heterocycles. The highest BCUT2D eigenvalue weighted by Gasteiger charge is 2.40. The van der Waals surface area contributed by atoms with Gasteiger partial charge in [-0.25, -0.2) is 8.42 Å². The van der Waals surface area contributed by atoms with Crippen molar-refractivity contribution in [3.63, 3.8) is 0 Å². The maximum atomic E-state index is 12.0. The number of hydrogen-bond donors (Lipinski definition) is 1. The van der Waals surface area contributed by atoms with E-state index in [0.29, 0.717) is 0 Å². The van der Waals surface area contributed by atoms with E-state index >= 15 is 0 Å². The van der Waals surface area contributed by atoms with Crippen LogP contribution in [0, 0.1) is 0 Å². The van der Waals surface area contributed by atoms with Crippen LogP contribution < -0.4 is 5.32 Å². The quantitative estimate of drug-likeness (QED) is 0.884. The van der Waals surface area contributed by atoms with Crippen LogP contribution in [0.3, 0.4) is 0 Å². The Morgan fingerprint density at radius 1 is 1.39 bits per heavy atom. The Labute approximate surface area is 109 Å². The summed E-state index contributed by atoms with van der Waals surface area (Å²) < 4.78 is 24.9. The minimum Gasteiger partial charge on any atom is -0.310 e. The first-order valence-electron chi connectivity index (χ1n) is 6.03. The van der Waals surface area contributed by atoms with E-state index in [4.69, 9.17) is 0 Å². The van der Waals surface area contributed by atoms with Crippen molar-refractivity contribution in [3.8, 4) is 0 Å². The number of sulfone groups is 1. The van der Waals surface area contributed by atoms with Gasteiger partial charge in [0.05, 0.1) is 16.5 Å². The average Bonchev–Trinajstić information content (AvgIpc) is 2.65. The Kier molecular flexibility index (Phi) is 4.23. The molecule has 0 amide bonds. The van der Waals surface area contributed by atoms with E-state index in [2.05, 4.69) is 10.4 Å². The molecular formula is C12H23N3O2S. The summed E-state index contributed by atoms with van der Waals surface area (Å²) in [7, 11) is -1.41. The summed E-state index contributed by atoms with van der Waals surface area (Å²) >= 11 is 0. The third-order valence-electron chi connectivity index (χ3n) is 3.43. The van der Waals surface area contributed by atoms with Crippen molar-refractivity contribution in [3.05, 3.63) is 18.0 Å². The minimum absolute atomic E-state index is 0.196. The van der Waals surface area contributed by atoms with Gasteiger partial charge in [-0.2, -0.15) is 5.10 Å². The highest BCUT2D eigenvalue weighted by molar-refractivity contribution is 7.92. The van der Waals surface area contributed by atoms with Crippen LogP contribution in [0.2, 0.25) is 0 Å². The van der Waals surface area contributed by atoms with Gasteiger partial charge in [-0.1, -0.05) is 0 Å². The van der Waals surface area contributed by atoms with E-state index in [1.807, 2.05) is 24.6 Å². The molecule has 1 aromatic heterocycles. The van der Waals surface area contributed by atoms with Gasteiger partial charge in [0, 0.05) is 18.5 Å². The fourth-order valence-electron chi connectivity index (χ4n) is 2.05. The lowest BCUT2D eigenvalue weighted by atomic mass is 9.99. The zero-order valence-corrected chi connectivity index (χ0v) is 12.7. The Hall–Kier alpha value is -0.880. The van der Waals surface area contributed by atoms with Crippen LogP contribution in [0.25, 0.3) is 0 Å². The topological polar surface area (TPSA) is 64.0 Å². The van der Waals surface area contributed by atoms with E-state index < -0.39 is 14.6 Å². The van der Waals surface area contributed by atoms with Crippen molar-refractivity contribution in [2.45, 2.75) is 44.5 Å². The molecule has 1 unspecified atom stereocenters. The van der Waals surface area contributed by atoms with E-state index in [-0.39, 0.29) is 12.1 Å². The number of nitrogens with one attached hydrogen (secondary N) is 1. The molecule has 0 aliphatic carbocycles. The monoisotopic (exact) mass is 273 g/mol. The van der Waals surface area contributed by atoms with Gasteiger partial charge in [0.1, 0.15) is 0 Å². The standard InChI is InChI=1S/C12H23N3O2S/c1-9(2)15-10(7-8-14-15)11(13-5)12(3,4)18(6,16)17/h7-9,11,13H,1-6H3. The largest absolute Gasteiger partial charge is 0.310 e. The van der Waals surface area contributed by atoms with Crippen molar-refractivity contribution in [1.82, 2.24) is 15.1 Å². The third kappa shape index (κ3) is 2.59. The van der Waals surface area contributed by atoms with Crippen molar-refractivity contribution in [2.75, 3.05) is 13.3 Å². The molecule has 1 atom stereocenters. The molecule has 18 heavy (non-hydrogen) atoms. The number of aromatic nitrogens is 2. The highest BCUT2D eigenvalue weighted by atomic mass is 32.2. The average molecular weight is 273 g/mol. The first-order valence-corrected chi connectivity index (χ1v) is 7.92. The zero-order valence-electron chi connectivity index (χ0n) is 11.9. The number of nitrogens with zero attached hydrogens (tertiary/aromatic N) is 2. The molecule has 1 N–H and O–H groups in total. The van der Waals surface area contributed by atoms with Gasteiger partial charge >= 0.3 is 0 Å². The smallest absolute Gasteiger partial charge is 0.154 e. The molecule has 104 valence electrons. The van der Waals surface area contributed by atoms with Gasteiger partial charge in [-0.05, 0) is 40.8 Å². The number of hydrogen-bond acceptors (Lipinski definition) is 4. The van der Waals surface area contributed by atoms with Gasteiger partial charge in [-0.3, -0.25) is 4.68 Å². The summed E-state index contributed by atoms with van der Waals surface area (Å²) in [5, 5.41) is 7.37. The summed E-state index contributed by atoms with van der Waals surface area (Å²) in [6, 6.07) is 1.77. The Balaban J connectivity index is 3.31. The lowest BCUT2D eigenvalue weighted by Crippen LogP contribution is -2.44. The molecular weight excluding hydrogens is 250 g/mol. The van der Waals surface area contributed by atoms with Crippen LogP contribution in [0.4, 0.5) is 0 Å². The summed E-state index contributed by atoms with van der Waals surface area (Å²) in [5.74, 6) is 0. The molecule has 0 aliphatic heterocycles. The molecule has 0 saturated carbocycles. The van der Waals surface area contributed by atoms with E-state index in [1.165, 1.54) is 6.26 Å². The second-order valence-electron chi connectivity index (χ2n) is 5.39. The molecule has 5 nitrogen and oxygen atoms in total. The Morgan fingerprint density at radius 3 is 2.33 bits per heavy atom. The van der Waals surface area contributed by atoms with Crippen LogP contribution in [-0.2, 0) is 9.84 Å². The first-order chi connectivity index (χ1) is 8.13. The highest BCUT2D eigenvalue weighted by Crippen LogP contribution is 2.32. The summed E-state index contributed by atoms with van der Waals surface area (Å²) in [4.78, 5) is 0. The van der Waals surface area contributed by atoms with E-state index in [1.54, 1.807) is 27.1 Å². The second-order valence-corrected chi connectivity index (χ2v) is 7.99. The van der Waals surface area contributed by atoms with Crippen molar-refractivity contribution in [1.29, 1.82) is 0 Å². The molecule has 0 fully saturated rings. The van der Waals surface area contributed by atoms with Crippen molar-refractivity contribution >= 4 is 9.84 Å². The fourth-order valence-corrected chi connectivity index (χ4v) is 2.72. The van der Waals surface area contributed by atoms with Crippen molar-refractivity contribution < 1.29 is 8.42 Å². The first kappa shape index (κ1) is 15.2. The van der Waals surface area contributed by atoms with E-state index in [0.717, 1.165) is 5.69 Å². The summed E-state index contributed by atoms with van der Waals surface area (Å²) in [5.41, 5.74) is 0.892. The Bertz CT molecular complexity index is 503. The molecule has 0 bridgehead atoms. The summed E-state index contributed by atoms with van der Waals surface area (Å²) in [6.07, 6.45) is 2.98. The molecule has 0 saturated heterocycles. The van der Waals surface area contributed by atoms with Gasteiger partial charge in [0.15, 0.2) is 9.84 Å². The predicted molar refractivity (Wildman–Crippen MR) is 73.3 cm³/mol. The van der Waals surface area contributed by atoms with Crippen LogP contribution in [0.15, 0.2) is 12.3 Å². The maximum absolute atomic E-state index is 12.0. The molecule has 1 rings (SSSR count). The molecule has 6 heteroatoms. The van der Waals surface area contributed by atoms with Crippen LogP contribution >= 0.6 is 0 Å². The molecule has 1 aromatic rings. The van der Waals surface area contributed by atoms with Gasteiger partial charge < -0.3 is 5.32 Å². The van der Waals surface area contributed by atoms with Crippen LogP contribution in [0.5, 0.6) is 0 Å². The van der Waals surface area contributed by atoms with Crippen molar-refractivity contribution in [2.24, 2.45) is 0 Å². The van der Waals surface area contributed by atoms with E-state index in [9.17, 15) is 8.42 Å². The van der Waals surface area contributed by atoms with Gasteiger partial charge in [0.2, 0.25) is 0 Å². The maximum Gasteiger partial charge on any atom is 0.154 e. The number of rotatable bonds is 5. The lowest BCUT2D eigenvalue weighted by Gasteiger charge is -2.33. The fraction of sp³-hybridized carbons (Fsp3) is 0.750. The second kappa shape index (κ2) is 5.01. The molecule has 0 aliphatic rings. The molecule has 0 spiro atoms.